The van der Waals surface area contributed by atoms with Gasteiger partial charge in [-0.25, -0.2) is 4.79 Å². The van der Waals surface area contributed by atoms with Gasteiger partial charge in [-0.1, -0.05) is 37.6 Å². The van der Waals surface area contributed by atoms with Gasteiger partial charge in [0, 0.05) is 19.6 Å². The first-order valence-electron chi connectivity index (χ1n) is 9.70. The van der Waals surface area contributed by atoms with E-state index in [1.807, 2.05) is 44.7 Å². The molecule has 2 aliphatic rings. The van der Waals surface area contributed by atoms with Gasteiger partial charge in [0.05, 0.1) is 6.42 Å². The van der Waals surface area contributed by atoms with Crippen LogP contribution in [0.25, 0.3) is 0 Å². The highest BCUT2D eigenvalue weighted by atomic mass is 16.2. The molecule has 0 bridgehead atoms. The van der Waals surface area contributed by atoms with E-state index in [0.29, 0.717) is 38.9 Å². The normalized spacial score (nSPS) is 19.1. The third kappa shape index (κ3) is 3.70. The van der Waals surface area contributed by atoms with Crippen molar-refractivity contribution in [3.05, 3.63) is 34.9 Å². The summed E-state index contributed by atoms with van der Waals surface area (Å²) in [6.45, 7) is 9.66. The van der Waals surface area contributed by atoms with Crippen LogP contribution in [0.15, 0.2) is 18.2 Å². The number of carbonyl (C=O) groups excluding carboxylic acids is 3. The van der Waals surface area contributed by atoms with Crippen molar-refractivity contribution in [3.63, 3.8) is 0 Å². The summed E-state index contributed by atoms with van der Waals surface area (Å²) < 4.78 is 0. The molecular formula is C21H29N3O3. The molecule has 0 saturated carbocycles. The Kier molecular flexibility index (Phi) is 5.27. The Morgan fingerprint density at radius 2 is 1.85 bits per heavy atom. The molecule has 0 aromatic heterocycles. The van der Waals surface area contributed by atoms with Crippen LogP contribution < -0.4 is 5.32 Å². The molecule has 6 heteroatoms. The van der Waals surface area contributed by atoms with Crippen LogP contribution >= 0.6 is 0 Å². The van der Waals surface area contributed by atoms with Gasteiger partial charge in [0.25, 0.3) is 5.91 Å². The van der Waals surface area contributed by atoms with E-state index in [1.165, 1.54) is 0 Å². The van der Waals surface area contributed by atoms with Gasteiger partial charge in [-0.05, 0) is 43.7 Å². The fraction of sp³-hybridized carbons (Fsp3) is 0.571. The largest absolute Gasteiger partial charge is 0.342 e. The smallest absolute Gasteiger partial charge is 0.325 e. The number of benzene rings is 1. The topological polar surface area (TPSA) is 69.7 Å². The third-order valence-electron chi connectivity index (χ3n) is 5.74. The molecule has 2 saturated heterocycles. The van der Waals surface area contributed by atoms with Crippen molar-refractivity contribution < 1.29 is 14.4 Å². The molecule has 2 heterocycles. The van der Waals surface area contributed by atoms with Gasteiger partial charge in [-0.15, -0.1) is 0 Å². The number of piperidine rings is 1. The zero-order chi connectivity index (χ0) is 19.8. The molecule has 1 N–H and O–H groups in total. The number of nitrogens with zero attached hydrogens (tertiary/aromatic N) is 2. The summed E-state index contributed by atoms with van der Waals surface area (Å²) in [5.74, 6) is 0.149. The predicted octanol–water partition coefficient (Wildman–Crippen LogP) is 2.41. The van der Waals surface area contributed by atoms with Crippen molar-refractivity contribution in [2.75, 3.05) is 19.6 Å². The fourth-order valence-corrected chi connectivity index (χ4v) is 4.11. The number of hydrogen-bond acceptors (Lipinski definition) is 3. The number of nitrogens with one attached hydrogen (secondary N) is 1. The minimum absolute atomic E-state index is 0.0821. The van der Waals surface area contributed by atoms with Crippen LogP contribution in [0, 0.1) is 19.8 Å². The average Bonchev–Trinajstić information content (AvgIpc) is 2.82. The lowest BCUT2D eigenvalue weighted by molar-refractivity contribution is -0.137. The Bertz CT molecular complexity index is 764. The number of likely N-dealkylation sites (tertiary alicyclic amines) is 1. The van der Waals surface area contributed by atoms with E-state index in [-0.39, 0.29) is 23.8 Å². The van der Waals surface area contributed by atoms with Crippen molar-refractivity contribution in [1.29, 1.82) is 0 Å². The third-order valence-corrected chi connectivity index (χ3v) is 5.74. The molecule has 0 aliphatic carbocycles. The van der Waals surface area contributed by atoms with E-state index < -0.39 is 5.54 Å². The number of amides is 4. The molecule has 27 heavy (non-hydrogen) atoms. The number of rotatable bonds is 4. The van der Waals surface area contributed by atoms with Crippen molar-refractivity contribution in [2.24, 2.45) is 5.92 Å². The molecule has 1 aromatic rings. The lowest BCUT2D eigenvalue weighted by Gasteiger charge is -2.42. The van der Waals surface area contributed by atoms with Gasteiger partial charge < -0.3 is 9.80 Å². The number of aryl methyl sites for hydroxylation is 2. The zero-order valence-corrected chi connectivity index (χ0v) is 16.7. The van der Waals surface area contributed by atoms with E-state index >= 15 is 0 Å². The van der Waals surface area contributed by atoms with Crippen molar-refractivity contribution in [1.82, 2.24) is 15.1 Å². The Balaban J connectivity index is 1.68. The van der Waals surface area contributed by atoms with E-state index in [1.54, 1.807) is 4.90 Å². The van der Waals surface area contributed by atoms with Crippen LogP contribution in [0.1, 0.15) is 43.4 Å². The van der Waals surface area contributed by atoms with Crippen LogP contribution in [-0.2, 0) is 16.0 Å². The van der Waals surface area contributed by atoms with Gasteiger partial charge in [0.2, 0.25) is 5.91 Å². The fourth-order valence-electron chi connectivity index (χ4n) is 4.11. The molecule has 6 nitrogen and oxygen atoms in total. The Hall–Kier alpha value is -2.37. The number of imide groups is 1. The minimum atomic E-state index is -0.794. The molecule has 1 aromatic carbocycles. The Morgan fingerprint density at radius 1 is 1.19 bits per heavy atom. The molecule has 0 atom stereocenters. The van der Waals surface area contributed by atoms with Crippen LogP contribution in [-0.4, -0.2) is 52.8 Å². The first-order valence-corrected chi connectivity index (χ1v) is 9.70. The van der Waals surface area contributed by atoms with E-state index in [2.05, 4.69) is 11.4 Å². The summed E-state index contributed by atoms with van der Waals surface area (Å²) >= 11 is 0. The second-order valence-electron chi connectivity index (χ2n) is 8.28. The van der Waals surface area contributed by atoms with E-state index in [4.69, 9.17) is 0 Å². The number of hydrogen-bond donors (Lipinski definition) is 1. The van der Waals surface area contributed by atoms with Crippen LogP contribution in [0.2, 0.25) is 0 Å². The number of carbonyl (C=O) groups is 3. The quantitative estimate of drug-likeness (QED) is 0.827. The highest BCUT2D eigenvalue weighted by molar-refractivity contribution is 6.07. The zero-order valence-electron chi connectivity index (χ0n) is 16.7. The SMILES string of the molecule is Cc1ccc(C)c(CC(=O)N2CCC3(CC2)C(=O)NC(=O)N3CC(C)C)c1. The van der Waals surface area contributed by atoms with Gasteiger partial charge in [-0.3, -0.25) is 14.9 Å². The number of urea groups is 1. The average molecular weight is 371 g/mol. The van der Waals surface area contributed by atoms with Crippen LogP contribution in [0.4, 0.5) is 4.79 Å². The maximum absolute atomic E-state index is 12.8. The summed E-state index contributed by atoms with van der Waals surface area (Å²) in [7, 11) is 0. The summed E-state index contributed by atoms with van der Waals surface area (Å²) in [5.41, 5.74) is 2.52. The monoisotopic (exact) mass is 371 g/mol. The lowest BCUT2D eigenvalue weighted by Crippen LogP contribution is -2.58. The molecule has 4 amide bonds. The molecule has 2 aliphatic heterocycles. The van der Waals surface area contributed by atoms with E-state index in [9.17, 15) is 14.4 Å². The van der Waals surface area contributed by atoms with Crippen molar-refractivity contribution >= 4 is 17.8 Å². The Morgan fingerprint density at radius 3 is 2.48 bits per heavy atom. The standard InChI is InChI=1S/C21H29N3O3/c1-14(2)13-24-20(27)22-19(26)21(24)7-9-23(10-8-21)18(25)12-17-11-15(3)5-6-16(17)4/h5-6,11,14H,7-10,12-13H2,1-4H3,(H,22,26,27). The first-order chi connectivity index (χ1) is 12.7. The second kappa shape index (κ2) is 7.33. The first kappa shape index (κ1) is 19.4. The molecule has 3 rings (SSSR count). The highest BCUT2D eigenvalue weighted by Crippen LogP contribution is 2.34. The molecule has 0 radical (unpaired) electrons. The van der Waals surface area contributed by atoms with Gasteiger partial charge in [0.15, 0.2) is 0 Å². The summed E-state index contributed by atoms with van der Waals surface area (Å²) in [4.78, 5) is 41.1. The predicted molar refractivity (Wildman–Crippen MR) is 103 cm³/mol. The molecule has 2 fully saturated rings. The van der Waals surface area contributed by atoms with E-state index in [0.717, 1.165) is 16.7 Å². The molecule has 1 spiro atoms. The van der Waals surface area contributed by atoms with Crippen molar-refractivity contribution in [2.45, 2.75) is 52.5 Å². The maximum Gasteiger partial charge on any atom is 0.325 e. The molecule has 0 unspecified atom stereocenters. The molecular weight excluding hydrogens is 342 g/mol. The van der Waals surface area contributed by atoms with Crippen molar-refractivity contribution in [3.8, 4) is 0 Å². The van der Waals surface area contributed by atoms with Gasteiger partial charge in [0.1, 0.15) is 5.54 Å². The summed E-state index contributed by atoms with van der Waals surface area (Å²) in [6.07, 6.45) is 1.37. The Labute approximate surface area is 160 Å². The molecule has 146 valence electrons. The second-order valence-corrected chi connectivity index (χ2v) is 8.28. The van der Waals surface area contributed by atoms with Gasteiger partial charge in [-0.2, -0.15) is 0 Å². The van der Waals surface area contributed by atoms with Crippen LogP contribution in [0.5, 0.6) is 0 Å². The highest BCUT2D eigenvalue weighted by Gasteiger charge is 2.54. The summed E-state index contributed by atoms with van der Waals surface area (Å²) in [6, 6.07) is 5.85. The maximum atomic E-state index is 12.8. The minimum Gasteiger partial charge on any atom is -0.342 e. The summed E-state index contributed by atoms with van der Waals surface area (Å²) in [5, 5.41) is 2.47. The van der Waals surface area contributed by atoms with Gasteiger partial charge >= 0.3 is 6.03 Å². The lowest BCUT2D eigenvalue weighted by atomic mass is 9.85. The van der Waals surface area contributed by atoms with Crippen LogP contribution in [0.3, 0.4) is 0 Å².